The van der Waals surface area contributed by atoms with Crippen molar-refractivity contribution in [3.63, 3.8) is 0 Å². The quantitative estimate of drug-likeness (QED) is 0.436. The van der Waals surface area contributed by atoms with Crippen LogP contribution in [0.4, 0.5) is 10.2 Å². The van der Waals surface area contributed by atoms with Gasteiger partial charge in [-0.05, 0) is 31.5 Å². The summed E-state index contributed by atoms with van der Waals surface area (Å²) in [6, 6.07) is 12.7. The number of aryl methyl sites for hydroxylation is 2. The standard InChI is InChI=1S/C32H38FN5O3S/c1-20-11-12-25(21(2)17-20)38-31-28(30(34-38)32(4,5)6)29(23-9-7-8-10-24(23)33)42-19-27(41)37(31)18-26(40)36-15-13-35(14-16-36)22(3)39/h7-12,17,29H,13-16,18-19H2,1-6H3. The second-order valence-electron chi connectivity index (χ2n) is 12.1. The SMILES string of the molecule is CC(=O)N1CCN(C(=O)CN2C(=O)CSC(c3ccccc3F)c3c(C(C)(C)C)nn(-c4ccc(C)cc4C)c32)CC1. The van der Waals surface area contributed by atoms with E-state index >= 15 is 4.39 Å². The average Bonchev–Trinajstić information content (AvgIpc) is 3.27. The van der Waals surface area contributed by atoms with Crippen LogP contribution in [-0.4, -0.2) is 75.8 Å². The lowest BCUT2D eigenvalue weighted by atomic mass is 9.87. The number of anilines is 1. The van der Waals surface area contributed by atoms with Crippen LogP contribution in [-0.2, 0) is 19.8 Å². The summed E-state index contributed by atoms with van der Waals surface area (Å²) < 4.78 is 17.2. The Morgan fingerprint density at radius 1 is 1.02 bits per heavy atom. The lowest BCUT2D eigenvalue weighted by Gasteiger charge is -2.35. The van der Waals surface area contributed by atoms with E-state index in [1.165, 1.54) is 24.8 Å². The van der Waals surface area contributed by atoms with Crippen molar-refractivity contribution in [2.45, 2.75) is 52.2 Å². The van der Waals surface area contributed by atoms with Crippen LogP contribution in [0.5, 0.6) is 0 Å². The highest BCUT2D eigenvalue weighted by molar-refractivity contribution is 8.00. The Morgan fingerprint density at radius 3 is 2.31 bits per heavy atom. The lowest BCUT2D eigenvalue weighted by molar-refractivity contribution is -0.137. The number of rotatable bonds is 4. The number of piperazine rings is 1. The van der Waals surface area contributed by atoms with Gasteiger partial charge >= 0.3 is 0 Å². The van der Waals surface area contributed by atoms with Crippen LogP contribution in [0, 0.1) is 19.7 Å². The van der Waals surface area contributed by atoms with Crippen molar-refractivity contribution in [2.24, 2.45) is 0 Å². The second kappa shape index (κ2) is 11.6. The van der Waals surface area contributed by atoms with E-state index in [4.69, 9.17) is 5.10 Å². The van der Waals surface area contributed by atoms with E-state index in [1.54, 1.807) is 37.6 Å². The number of benzene rings is 2. The predicted octanol–water partition coefficient (Wildman–Crippen LogP) is 4.79. The molecule has 0 bridgehead atoms. The maximum Gasteiger partial charge on any atom is 0.242 e. The molecule has 5 rings (SSSR count). The number of fused-ring (bicyclic) bond motifs is 1. The Bertz CT molecular complexity index is 1540. The molecule has 1 aromatic heterocycles. The Balaban J connectivity index is 1.68. The summed E-state index contributed by atoms with van der Waals surface area (Å²) in [4.78, 5) is 44.4. The molecule has 0 radical (unpaired) electrons. The molecule has 0 saturated carbocycles. The fourth-order valence-electron chi connectivity index (χ4n) is 5.72. The van der Waals surface area contributed by atoms with E-state index in [2.05, 4.69) is 26.8 Å². The highest BCUT2D eigenvalue weighted by atomic mass is 32.2. The van der Waals surface area contributed by atoms with Gasteiger partial charge in [0.25, 0.3) is 0 Å². The fourth-order valence-corrected chi connectivity index (χ4v) is 6.94. The lowest BCUT2D eigenvalue weighted by Crippen LogP contribution is -2.53. The molecule has 222 valence electrons. The molecule has 3 aromatic rings. The van der Waals surface area contributed by atoms with Crippen molar-refractivity contribution in [3.05, 3.63) is 76.2 Å². The van der Waals surface area contributed by atoms with Gasteiger partial charge in [0.2, 0.25) is 17.7 Å². The number of halogens is 1. The van der Waals surface area contributed by atoms with Gasteiger partial charge in [-0.15, -0.1) is 11.8 Å². The Labute approximate surface area is 250 Å². The molecule has 0 aliphatic carbocycles. The van der Waals surface area contributed by atoms with Crippen molar-refractivity contribution in [1.29, 1.82) is 0 Å². The zero-order chi connectivity index (χ0) is 30.3. The summed E-state index contributed by atoms with van der Waals surface area (Å²) in [7, 11) is 0. The minimum Gasteiger partial charge on any atom is -0.339 e. The fraction of sp³-hybridized carbons (Fsp3) is 0.438. The maximum absolute atomic E-state index is 15.4. The molecule has 2 aromatic carbocycles. The van der Waals surface area contributed by atoms with Gasteiger partial charge in [0.1, 0.15) is 18.2 Å². The van der Waals surface area contributed by atoms with Crippen molar-refractivity contribution in [1.82, 2.24) is 19.6 Å². The number of carbonyl (C=O) groups excluding carboxylic acids is 3. The summed E-state index contributed by atoms with van der Waals surface area (Å²) in [5, 5.41) is 4.62. The molecule has 2 aliphatic rings. The van der Waals surface area contributed by atoms with Gasteiger partial charge in [-0.3, -0.25) is 19.3 Å². The number of amides is 3. The van der Waals surface area contributed by atoms with Crippen LogP contribution in [0.2, 0.25) is 0 Å². The van der Waals surface area contributed by atoms with E-state index in [0.717, 1.165) is 28.1 Å². The molecule has 2 aliphatic heterocycles. The average molecular weight is 592 g/mol. The van der Waals surface area contributed by atoms with Gasteiger partial charge in [-0.2, -0.15) is 5.10 Å². The molecule has 3 amide bonds. The van der Waals surface area contributed by atoms with Crippen molar-refractivity contribution in [2.75, 3.05) is 43.4 Å². The summed E-state index contributed by atoms with van der Waals surface area (Å²) in [6.45, 7) is 13.3. The molecule has 42 heavy (non-hydrogen) atoms. The van der Waals surface area contributed by atoms with Crippen LogP contribution in [0.3, 0.4) is 0 Å². The largest absolute Gasteiger partial charge is 0.339 e. The van der Waals surface area contributed by atoms with Gasteiger partial charge in [0, 0.05) is 49.6 Å². The van der Waals surface area contributed by atoms with Crippen LogP contribution < -0.4 is 4.90 Å². The van der Waals surface area contributed by atoms with Gasteiger partial charge in [0.05, 0.1) is 22.4 Å². The predicted molar refractivity (Wildman–Crippen MR) is 164 cm³/mol. The van der Waals surface area contributed by atoms with E-state index < -0.39 is 10.7 Å². The van der Waals surface area contributed by atoms with E-state index in [1.807, 2.05) is 26.0 Å². The number of carbonyl (C=O) groups is 3. The van der Waals surface area contributed by atoms with Crippen molar-refractivity contribution >= 4 is 35.3 Å². The van der Waals surface area contributed by atoms with Gasteiger partial charge in [-0.25, -0.2) is 9.07 Å². The second-order valence-corrected chi connectivity index (χ2v) is 13.2. The first-order chi connectivity index (χ1) is 19.9. The topological polar surface area (TPSA) is 78.8 Å². The summed E-state index contributed by atoms with van der Waals surface area (Å²) in [5.41, 5.74) is 4.40. The highest BCUT2D eigenvalue weighted by Crippen LogP contribution is 2.49. The number of nitrogens with zero attached hydrogens (tertiary/aromatic N) is 5. The van der Waals surface area contributed by atoms with Gasteiger partial charge in [0.15, 0.2) is 0 Å². The Hall–Kier alpha value is -3.66. The molecule has 10 heteroatoms. The molecule has 0 N–H and O–H groups in total. The smallest absolute Gasteiger partial charge is 0.242 e. The van der Waals surface area contributed by atoms with Crippen molar-refractivity contribution < 1.29 is 18.8 Å². The van der Waals surface area contributed by atoms with Crippen LogP contribution in [0.25, 0.3) is 5.69 Å². The molecule has 8 nitrogen and oxygen atoms in total. The molecule has 1 atom stereocenters. The molecule has 1 unspecified atom stereocenters. The minimum atomic E-state index is -0.502. The van der Waals surface area contributed by atoms with Crippen LogP contribution in [0.1, 0.15) is 60.9 Å². The van der Waals surface area contributed by atoms with Crippen molar-refractivity contribution in [3.8, 4) is 5.69 Å². The number of aromatic nitrogens is 2. The van der Waals surface area contributed by atoms with Crippen LogP contribution >= 0.6 is 11.8 Å². The molecule has 0 spiro atoms. The zero-order valence-electron chi connectivity index (χ0n) is 25.1. The monoisotopic (exact) mass is 591 g/mol. The van der Waals surface area contributed by atoms with E-state index in [0.29, 0.717) is 37.6 Å². The molecular weight excluding hydrogens is 553 g/mol. The number of hydrogen-bond acceptors (Lipinski definition) is 5. The zero-order valence-corrected chi connectivity index (χ0v) is 25.9. The maximum atomic E-state index is 15.4. The third kappa shape index (κ3) is 5.69. The highest BCUT2D eigenvalue weighted by Gasteiger charge is 2.41. The molecule has 3 heterocycles. The summed E-state index contributed by atoms with van der Waals surface area (Å²) in [6.07, 6.45) is 0. The number of hydrogen-bond donors (Lipinski definition) is 0. The first-order valence-electron chi connectivity index (χ1n) is 14.3. The van der Waals surface area contributed by atoms with Gasteiger partial charge in [-0.1, -0.05) is 56.7 Å². The Kier molecular flexibility index (Phi) is 8.20. The van der Waals surface area contributed by atoms with E-state index in [-0.39, 0.29) is 35.8 Å². The first kappa shape index (κ1) is 29.8. The normalized spacial score (nSPS) is 17.7. The molecule has 1 saturated heterocycles. The molecule has 1 fully saturated rings. The number of thioether (sulfide) groups is 1. The summed E-state index contributed by atoms with van der Waals surface area (Å²) >= 11 is 1.36. The minimum absolute atomic E-state index is 0.0160. The van der Waals surface area contributed by atoms with E-state index in [9.17, 15) is 14.4 Å². The first-order valence-corrected chi connectivity index (χ1v) is 15.3. The summed E-state index contributed by atoms with van der Waals surface area (Å²) in [5.74, 6) is -0.209. The third-order valence-electron chi connectivity index (χ3n) is 7.94. The van der Waals surface area contributed by atoms with Gasteiger partial charge < -0.3 is 9.80 Å². The van der Waals surface area contributed by atoms with Crippen LogP contribution in [0.15, 0.2) is 42.5 Å². The molecular formula is C32H38FN5O3S. The third-order valence-corrected chi connectivity index (χ3v) is 9.18. The Morgan fingerprint density at radius 2 is 1.69 bits per heavy atom.